The Kier molecular flexibility index (Phi) is 3.99. The number of aryl methyl sites for hydroxylation is 1. The average Bonchev–Trinajstić information content (AvgIpc) is 2.97. The maximum atomic E-state index is 13.3. The van der Waals surface area contributed by atoms with Crippen LogP contribution in [0.1, 0.15) is 5.69 Å². The number of alkyl halides is 2. The van der Waals surface area contributed by atoms with E-state index in [4.69, 9.17) is 11.6 Å². The van der Waals surface area contributed by atoms with Crippen LogP contribution in [0, 0.1) is 6.92 Å². The molecular weight excluding hydrogens is 362 g/mol. The molecule has 1 aromatic carbocycles. The van der Waals surface area contributed by atoms with Gasteiger partial charge >= 0.3 is 0 Å². The highest BCUT2D eigenvalue weighted by Gasteiger charge is 2.44. The molecule has 3 heterocycles. The normalized spacial score (nSPS) is 15.6. The lowest BCUT2D eigenvalue weighted by Crippen LogP contribution is -2.56. The van der Waals surface area contributed by atoms with Gasteiger partial charge in [0.25, 0.3) is 5.92 Å². The molecule has 0 spiro atoms. The van der Waals surface area contributed by atoms with E-state index in [1.54, 1.807) is 24.3 Å². The second kappa shape index (κ2) is 6.21. The Bertz CT molecular complexity index is 950. The van der Waals surface area contributed by atoms with Crippen LogP contribution in [0.3, 0.4) is 0 Å². The molecule has 1 aliphatic rings. The van der Waals surface area contributed by atoms with Crippen molar-refractivity contribution >= 4 is 29.1 Å². The van der Waals surface area contributed by atoms with Crippen molar-refractivity contribution in [3.8, 4) is 11.4 Å². The van der Waals surface area contributed by atoms with E-state index in [0.717, 1.165) is 5.69 Å². The van der Waals surface area contributed by atoms with E-state index in [1.807, 2.05) is 19.1 Å². The minimum absolute atomic E-state index is 0.359. The third kappa shape index (κ3) is 3.32. The van der Waals surface area contributed by atoms with Gasteiger partial charge in [0.05, 0.1) is 18.1 Å². The van der Waals surface area contributed by atoms with E-state index in [0.29, 0.717) is 33.9 Å². The number of H-pyrrole nitrogens is 1. The van der Waals surface area contributed by atoms with Crippen LogP contribution in [0.4, 0.5) is 26.2 Å². The molecule has 0 radical (unpaired) electrons. The Morgan fingerprint density at radius 3 is 2.58 bits per heavy atom. The quantitative estimate of drug-likeness (QED) is 0.719. The molecule has 4 rings (SSSR count). The van der Waals surface area contributed by atoms with Crippen LogP contribution in [0.25, 0.3) is 11.4 Å². The van der Waals surface area contributed by atoms with Crippen molar-refractivity contribution in [2.75, 3.05) is 23.3 Å². The number of benzene rings is 1. The first-order valence-corrected chi connectivity index (χ1v) is 8.33. The molecule has 0 atom stereocenters. The van der Waals surface area contributed by atoms with Crippen LogP contribution in [-0.2, 0) is 0 Å². The number of hydrogen-bond acceptors (Lipinski definition) is 5. The molecule has 6 nitrogen and oxygen atoms in total. The second-order valence-electron chi connectivity index (χ2n) is 6.19. The first kappa shape index (κ1) is 16.7. The summed E-state index contributed by atoms with van der Waals surface area (Å²) in [7, 11) is 0. The van der Waals surface area contributed by atoms with Gasteiger partial charge in [-0.05, 0) is 19.1 Å². The molecule has 1 saturated heterocycles. The molecule has 1 fully saturated rings. The molecule has 2 aromatic heterocycles. The van der Waals surface area contributed by atoms with Crippen molar-refractivity contribution < 1.29 is 8.78 Å². The number of anilines is 3. The molecule has 0 unspecified atom stereocenters. The van der Waals surface area contributed by atoms with Crippen molar-refractivity contribution in [1.29, 1.82) is 0 Å². The van der Waals surface area contributed by atoms with Crippen molar-refractivity contribution in [2.45, 2.75) is 12.8 Å². The Morgan fingerprint density at radius 1 is 1.15 bits per heavy atom. The van der Waals surface area contributed by atoms with Crippen molar-refractivity contribution in [2.24, 2.45) is 0 Å². The van der Waals surface area contributed by atoms with Crippen LogP contribution in [0.2, 0.25) is 5.02 Å². The lowest BCUT2D eigenvalue weighted by molar-refractivity contribution is -0.0267. The number of nitrogens with zero attached hydrogens (tertiary/aromatic N) is 4. The van der Waals surface area contributed by atoms with Gasteiger partial charge in [0, 0.05) is 23.4 Å². The number of nitrogens with one attached hydrogen (secondary N) is 2. The fraction of sp³-hybridized carbons (Fsp3) is 0.235. The van der Waals surface area contributed by atoms with E-state index in [9.17, 15) is 8.78 Å². The summed E-state index contributed by atoms with van der Waals surface area (Å²) < 4.78 is 26.6. The summed E-state index contributed by atoms with van der Waals surface area (Å²) >= 11 is 6.25. The van der Waals surface area contributed by atoms with E-state index in [2.05, 4.69) is 25.5 Å². The Labute approximate surface area is 153 Å². The zero-order valence-electron chi connectivity index (χ0n) is 13.8. The summed E-state index contributed by atoms with van der Waals surface area (Å²) in [6, 6.07) is 10.6. The largest absolute Gasteiger partial charge is 0.344 e. The first-order valence-electron chi connectivity index (χ1n) is 7.95. The molecule has 1 aliphatic heterocycles. The Hall–Kier alpha value is -2.74. The maximum Gasteiger partial charge on any atom is 0.282 e. The van der Waals surface area contributed by atoms with E-state index >= 15 is 0 Å². The predicted molar refractivity (Wildman–Crippen MR) is 96.2 cm³/mol. The number of rotatable bonds is 4. The molecule has 0 saturated carbocycles. The van der Waals surface area contributed by atoms with Gasteiger partial charge < -0.3 is 10.2 Å². The summed E-state index contributed by atoms with van der Waals surface area (Å²) in [5.74, 6) is -0.894. The zero-order valence-corrected chi connectivity index (χ0v) is 14.6. The summed E-state index contributed by atoms with van der Waals surface area (Å²) in [5, 5.41) is 10.5. The number of hydrogen-bond donors (Lipinski definition) is 2. The minimum atomic E-state index is -2.69. The van der Waals surface area contributed by atoms with Crippen LogP contribution < -0.4 is 10.2 Å². The van der Waals surface area contributed by atoms with Gasteiger partial charge in [-0.25, -0.2) is 18.7 Å². The highest BCUT2D eigenvalue weighted by Crippen LogP contribution is 2.34. The first-order chi connectivity index (χ1) is 12.4. The van der Waals surface area contributed by atoms with Gasteiger partial charge in [0.1, 0.15) is 11.6 Å². The molecule has 26 heavy (non-hydrogen) atoms. The predicted octanol–water partition coefficient (Wildman–Crippen LogP) is 4.03. The number of aromatic nitrogens is 4. The van der Waals surface area contributed by atoms with Gasteiger partial charge in [0.15, 0.2) is 11.6 Å². The van der Waals surface area contributed by atoms with Gasteiger partial charge in [-0.15, -0.1) is 0 Å². The third-order valence-corrected chi connectivity index (χ3v) is 4.29. The Morgan fingerprint density at radius 2 is 1.92 bits per heavy atom. The van der Waals surface area contributed by atoms with E-state index in [1.165, 1.54) is 4.90 Å². The molecule has 0 bridgehead atoms. The summed E-state index contributed by atoms with van der Waals surface area (Å²) in [6.45, 7) is 1.14. The summed E-state index contributed by atoms with van der Waals surface area (Å²) in [5.41, 5.74) is 1.51. The molecular formula is C17H15ClF2N6. The highest BCUT2D eigenvalue weighted by atomic mass is 35.5. The van der Waals surface area contributed by atoms with E-state index in [-0.39, 0.29) is 13.1 Å². The van der Waals surface area contributed by atoms with Crippen LogP contribution in [0.5, 0.6) is 0 Å². The second-order valence-corrected chi connectivity index (χ2v) is 6.60. The van der Waals surface area contributed by atoms with Crippen LogP contribution in [0.15, 0.2) is 36.4 Å². The molecule has 0 amide bonds. The standard InChI is InChI=1S/C17H15ClF2N6/c1-10-6-14(25-24-10)21-13-7-15(26-8-17(19,20)9-26)23-16(22-13)11-4-2-3-5-12(11)18/h2-7H,8-9H2,1H3,(H2,21,22,23,24,25). The van der Waals surface area contributed by atoms with Crippen LogP contribution >= 0.6 is 11.6 Å². The Balaban J connectivity index is 1.73. The number of aromatic amines is 1. The van der Waals surface area contributed by atoms with E-state index < -0.39 is 5.92 Å². The number of halogens is 3. The zero-order chi connectivity index (χ0) is 18.3. The fourth-order valence-electron chi connectivity index (χ4n) is 2.71. The molecule has 0 aliphatic carbocycles. The maximum absolute atomic E-state index is 13.3. The van der Waals surface area contributed by atoms with Gasteiger partial charge in [-0.2, -0.15) is 5.10 Å². The summed E-state index contributed by atoms with van der Waals surface area (Å²) in [4.78, 5) is 10.4. The van der Waals surface area contributed by atoms with Gasteiger partial charge in [-0.3, -0.25) is 5.10 Å². The van der Waals surface area contributed by atoms with Crippen molar-refractivity contribution in [1.82, 2.24) is 20.2 Å². The van der Waals surface area contributed by atoms with Crippen molar-refractivity contribution in [3.63, 3.8) is 0 Å². The smallest absolute Gasteiger partial charge is 0.282 e. The summed E-state index contributed by atoms with van der Waals surface area (Å²) in [6.07, 6.45) is 0. The van der Waals surface area contributed by atoms with Crippen molar-refractivity contribution in [3.05, 3.63) is 47.1 Å². The van der Waals surface area contributed by atoms with Gasteiger partial charge in [-0.1, -0.05) is 23.7 Å². The third-order valence-electron chi connectivity index (χ3n) is 3.96. The minimum Gasteiger partial charge on any atom is -0.344 e. The van der Waals surface area contributed by atoms with Crippen LogP contribution in [-0.4, -0.2) is 39.2 Å². The SMILES string of the molecule is Cc1cc(Nc2cc(N3CC(F)(F)C3)nc(-c3ccccc3Cl)n2)n[nH]1. The molecule has 9 heteroatoms. The average molecular weight is 377 g/mol. The highest BCUT2D eigenvalue weighted by molar-refractivity contribution is 6.33. The lowest BCUT2D eigenvalue weighted by atomic mass is 10.1. The fourth-order valence-corrected chi connectivity index (χ4v) is 2.93. The molecule has 134 valence electrons. The monoisotopic (exact) mass is 376 g/mol. The van der Waals surface area contributed by atoms with Gasteiger partial charge in [0.2, 0.25) is 0 Å². The lowest BCUT2D eigenvalue weighted by Gasteiger charge is -2.39. The molecule has 2 N–H and O–H groups in total. The topological polar surface area (TPSA) is 69.7 Å². The molecule has 3 aromatic rings.